The highest BCUT2D eigenvalue weighted by molar-refractivity contribution is 6.09. The van der Waals surface area contributed by atoms with Gasteiger partial charge in [-0.3, -0.25) is 15.4 Å². The summed E-state index contributed by atoms with van der Waals surface area (Å²) in [5.74, 6) is -2.84. The van der Waals surface area contributed by atoms with Gasteiger partial charge in [0.2, 0.25) is 6.04 Å². The molecule has 2 N–H and O–H groups in total. The summed E-state index contributed by atoms with van der Waals surface area (Å²) in [6.45, 7) is 8.49. The fourth-order valence-corrected chi connectivity index (χ4v) is 3.43. The number of amides is 4. The highest BCUT2D eigenvalue weighted by Gasteiger charge is 2.39. The predicted molar refractivity (Wildman–Crippen MR) is 125 cm³/mol. The molecular weight excluding hydrogens is 458 g/mol. The molecule has 2 aliphatic rings. The molecule has 0 bridgehead atoms. The van der Waals surface area contributed by atoms with Gasteiger partial charge in [0.05, 0.1) is 6.61 Å². The zero-order valence-corrected chi connectivity index (χ0v) is 20.3. The lowest BCUT2D eigenvalue weighted by molar-refractivity contribution is -0.159. The second-order valence-corrected chi connectivity index (χ2v) is 9.08. The van der Waals surface area contributed by atoms with Gasteiger partial charge in [-0.05, 0) is 40.0 Å². The number of urea groups is 1. The van der Waals surface area contributed by atoms with Crippen LogP contribution in [0.5, 0.6) is 0 Å². The van der Waals surface area contributed by atoms with E-state index < -0.39 is 47.7 Å². The van der Waals surface area contributed by atoms with E-state index in [1.807, 2.05) is 24.3 Å². The number of hydrogen-bond donors (Lipinski definition) is 2. The normalized spacial score (nSPS) is 19.9. The van der Waals surface area contributed by atoms with Crippen LogP contribution in [0.15, 0.2) is 37.0 Å². The smallest absolute Gasteiger partial charge is 0.408 e. The molecule has 1 aliphatic heterocycles. The van der Waals surface area contributed by atoms with Crippen LogP contribution in [-0.4, -0.2) is 72.3 Å². The summed E-state index contributed by atoms with van der Waals surface area (Å²) >= 11 is 0. The van der Waals surface area contributed by atoms with Crippen molar-refractivity contribution < 1.29 is 38.2 Å². The van der Waals surface area contributed by atoms with Crippen LogP contribution in [0.1, 0.15) is 40.0 Å². The monoisotopic (exact) mass is 491 g/mol. The van der Waals surface area contributed by atoms with Crippen molar-refractivity contribution in [3.63, 3.8) is 0 Å². The Balaban J connectivity index is 2.04. The van der Waals surface area contributed by atoms with Gasteiger partial charge in [-0.2, -0.15) is 0 Å². The van der Waals surface area contributed by atoms with Gasteiger partial charge in [-0.1, -0.05) is 37.0 Å². The van der Waals surface area contributed by atoms with E-state index in [0.717, 1.165) is 4.90 Å². The van der Waals surface area contributed by atoms with Gasteiger partial charge in [-0.15, -0.1) is 0 Å². The first-order chi connectivity index (χ1) is 16.5. The van der Waals surface area contributed by atoms with Crippen LogP contribution >= 0.6 is 0 Å². The van der Waals surface area contributed by atoms with Gasteiger partial charge in [-0.25, -0.2) is 19.2 Å². The number of nitrogens with zero attached hydrogens (tertiary/aromatic N) is 1. The van der Waals surface area contributed by atoms with E-state index in [2.05, 4.69) is 17.2 Å². The number of carbonyl (C=O) groups excluding carboxylic acids is 5. The van der Waals surface area contributed by atoms with E-state index in [1.54, 1.807) is 20.8 Å². The molecule has 0 spiro atoms. The summed E-state index contributed by atoms with van der Waals surface area (Å²) in [5, 5.41) is 4.24. The van der Waals surface area contributed by atoms with Crippen molar-refractivity contribution in [3.8, 4) is 0 Å². The average Bonchev–Trinajstić information content (AvgIpc) is 3.29. The fourth-order valence-electron chi connectivity index (χ4n) is 3.43. The number of likely N-dealkylation sites (tertiary alicyclic amines) is 1. The van der Waals surface area contributed by atoms with Crippen molar-refractivity contribution >= 4 is 30.0 Å². The second kappa shape index (κ2) is 12.7. The molecule has 0 aromatic carbocycles. The molecule has 11 nitrogen and oxygen atoms in total. The lowest BCUT2D eigenvalue weighted by Crippen LogP contribution is -2.57. The van der Waals surface area contributed by atoms with Crippen LogP contribution in [0.25, 0.3) is 0 Å². The Labute approximate surface area is 204 Å². The van der Waals surface area contributed by atoms with E-state index in [-0.39, 0.29) is 25.7 Å². The SMILES string of the molecule is C=CCOC(=O)C1CCCN1C(=O)NC(=O)C(NC(=O)OCC1C=CC=CC1)C(=O)OC(C)(C)C. The minimum atomic E-state index is -1.85. The zero-order valence-electron chi connectivity index (χ0n) is 20.3. The molecule has 35 heavy (non-hydrogen) atoms. The quantitative estimate of drug-likeness (QED) is 0.227. The Morgan fingerprint density at radius 2 is 1.91 bits per heavy atom. The molecule has 0 radical (unpaired) electrons. The van der Waals surface area contributed by atoms with Crippen LogP contribution in [0, 0.1) is 5.92 Å². The van der Waals surface area contributed by atoms with Crippen molar-refractivity contribution in [2.45, 2.75) is 57.7 Å². The van der Waals surface area contributed by atoms with Gasteiger partial charge in [0.25, 0.3) is 5.91 Å². The maximum absolute atomic E-state index is 12.8. The molecule has 1 heterocycles. The number of carbonyl (C=O) groups is 5. The Morgan fingerprint density at radius 3 is 2.54 bits per heavy atom. The van der Waals surface area contributed by atoms with Crippen molar-refractivity contribution in [2.24, 2.45) is 5.92 Å². The molecule has 0 saturated carbocycles. The van der Waals surface area contributed by atoms with Crippen LogP contribution in [0.2, 0.25) is 0 Å². The molecule has 1 aliphatic carbocycles. The molecule has 11 heteroatoms. The molecule has 0 aromatic rings. The van der Waals surface area contributed by atoms with Gasteiger partial charge >= 0.3 is 24.1 Å². The molecule has 2 rings (SSSR count). The van der Waals surface area contributed by atoms with Gasteiger partial charge in [0, 0.05) is 12.5 Å². The van der Waals surface area contributed by atoms with Crippen molar-refractivity contribution in [1.29, 1.82) is 0 Å². The van der Waals surface area contributed by atoms with Gasteiger partial charge in [0.1, 0.15) is 18.2 Å². The molecule has 3 unspecified atom stereocenters. The van der Waals surface area contributed by atoms with E-state index in [9.17, 15) is 24.0 Å². The number of allylic oxidation sites excluding steroid dienone is 3. The lowest BCUT2D eigenvalue weighted by atomic mass is 10.0. The molecular formula is C24H33N3O8. The molecule has 0 aromatic heterocycles. The minimum absolute atomic E-state index is 0.0105. The Hall–Kier alpha value is -3.63. The number of alkyl carbamates (subject to hydrolysis) is 1. The Bertz CT molecular complexity index is 890. The third-order valence-corrected chi connectivity index (χ3v) is 5.02. The topological polar surface area (TPSA) is 140 Å². The summed E-state index contributed by atoms with van der Waals surface area (Å²) in [7, 11) is 0. The van der Waals surface area contributed by atoms with E-state index in [1.165, 1.54) is 6.08 Å². The minimum Gasteiger partial charge on any atom is -0.460 e. The van der Waals surface area contributed by atoms with Gasteiger partial charge in [0.15, 0.2) is 0 Å². The number of ether oxygens (including phenoxy) is 3. The predicted octanol–water partition coefficient (Wildman–Crippen LogP) is 1.99. The Morgan fingerprint density at radius 1 is 1.17 bits per heavy atom. The Kier molecular flexibility index (Phi) is 10.0. The van der Waals surface area contributed by atoms with Crippen molar-refractivity contribution in [1.82, 2.24) is 15.5 Å². The van der Waals surface area contributed by atoms with Crippen LogP contribution in [0.4, 0.5) is 9.59 Å². The highest BCUT2D eigenvalue weighted by atomic mass is 16.6. The first-order valence-corrected chi connectivity index (χ1v) is 11.4. The third kappa shape index (κ3) is 8.91. The number of nitrogens with one attached hydrogen (secondary N) is 2. The molecule has 4 amide bonds. The fraction of sp³-hybridized carbons (Fsp3) is 0.542. The maximum atomic E-state index is 12.8. The molecule has 3 atom stereocenters. The summed E-state index contributed by atoms with van der Waals surface area (Å²) in [6.07, 6.45) is 9.46. The number of esters is 2. The standard InChI is InChI=1S/C24H33N3O8/c1-5-14-33-20(29)17-12-9-13-27(17)22(31)26-19(28)18(21(30)35-24(2,3)4)25-23(32)34-15-16-10-7-6-8-11-16/h5-8,10,16-18H,1,9,11-15H2,2-4H3,(H,25,32)(H,26,28,31). The van der Waals surface area contributed by atoms with Crippen molar-refractivity contribution in [3.05, 3.63) is 37.0 Å². The zero-order chi connectivity index (χ0) is 26.0. The first kappa shape index (κ1) is 27.6. The van der Waals surface area contributed by atoms with Crippen LogP contribution in [-0.2, 0) is 28.6 Å². The highest BCUT2D eigenvalue weighted by Crippen LogP contribution is 2.19. The van der Waals surface area contributed by atoms with Crippen molar-refractivity contribution in [2.75, 3.05) is 19.8 Å². The summed E-state index contributed by atoms with van der Waals surface area (Å²) < 4.78 is 15.4. The molecule has 1 fully saturated rings. The maximum Gasteiger partial charge on any atom is 0.408 e. The molecule has 1 saturated heterocycles. The van der Waals surface area contributed by atoms with E-state index >= 15 is 0 Å². The lowest BCUT2D eigenvalue weighted by Gasteiger charge is -2.26. The average molecular weight is 492 g/mol. The number of rotatable bonds is 8. The van der Waals surface area contributed by atoms with Crippen LogP contribution in [0.3, 0.4) is 0 Å². The summed E-state index contributed by atoms with van der Waals surface area (Å²) in [4.78, 5) is 63.9. The largest absolute Gasteiger partial charge is 0.460 e. The van der Waals surface area contributed by atoms with Crippen LogP contribution < -0.4 is 10.6 Å². The second-order valence-electron chi connectivity index (χ2n) is 9.08. The van der Waals surface area contributed by atoms with E-state index in [4.69, 9.17) is 14.2 Å². The van der Waals surface area contributed by atoms with E-state index in [0.29, 0.717) is 19.3 Å². The number of imide groups is 1. The van der Waals surface area contributed by atoms with Gasteiger partial charge < -0.3 is 19.1 Å². The third-order valence-electron chi connectivity index (χ3n) is 5.02. The summed E-state index contributed by atoms with van der Waals surface area (Å²) in [6, 6.07) is -3.62. The number of hydrogen-bond acceptors (Lipinski definition) is 8. The summed E-state index contributed by atoms with van der Waals surface area (Å²) in [5.41, 5.74) is -0.959. The molecule has 192 valence electrons. The first-order valence-electron chi connectivity index (χ1n) is 11.4.